The maximum Gasteiger partial charge on any atom is 0.321 e. The fourth-order valence-corrected chi connectivity index (χ4v) is 2.19. The number of carboxylic acids is 1. The number of carboxylic acid groups (broad SMARTS) is 1. The van der Waals surface area contributed by atoms with Crippen LogP contribution in [0, 0.1) is 17.2 Å². The molecule has 1 aromatic carbocycles. The third-order valence-electron chi connectivity index (χ3n) is 3.32. The predicted molar refractivity (Wildman–Crippen MR) is 72.1 cm³/mol. The number of nitrogens with zero attached hydrogens (tertiary/aromatic N) is 2. The highest BCUT2D eigenvalue weighted by atomic mass is 16.4. The lowest BCUT2D eigenvalue weighted by Crippen LogP contribution is -2.44. The number of amides is 2. The summed E-state index contributed by atoms with van der Waals surface area (Å²) in [5.41, 5.74) is 1.11. The van der Waals surface area contributed by atoms with Gasteiger partial charge < -0.3 is 15.3 Å². The number of carbonyl (C=O) groups excluding carboxylic acids is 1. The molecule has 104 valence electrons. The number of piperidine rings is 1. The van der Waals surface area contributed by atoms with Crippen LogP contribution in [0.1, 0.15) is 18.4 Å². The van der Waals surface area contributed by atoms with Gasteiger partial charge in [0.15, 0.2) is 0 Å². The van der Waals surface area contributed by atoms with Crippen molar-refractivity contribution in [2.45, 2.75) is 12.8 Å². The first kappa shape index (κ1) is 13.9. The van der Waals surface area contributed by atoms with E-state index in [1.807, 2.05) is 6.07 Å². The lowest BCUT2D eigenvalue weighted by molar-refractivity contribution is -0.143. The molecule has 6 heteroatoms. The van der Waals surface area contributed by atoms with Gasteiger partial charge in [-0.3, -0.25) is 4.79 Å². The van der Waals surface area contributed by atoms with Crippen molar-refractivity contribution in [3.63, 3.8) is 0 Å². The van der Waals surface area contributed by atoms with Crippen LogP contribution in [-0.2, 0) is 4.79 Å². The summed E-state index contributed by atoms with van der Waals surface area (Å²) in [5, 5.41) is 20.4. The third kappa shape index (κ3) is 3.26. The van der Waals surface area contributed by atoms with Crippen LogP contribution in [0.25, 0.3) is 0 Å². The predicted octanol–water partition coefficient (Wildman–Crippen LogP) is 1.89. The number of benzene rings is 1. The molecule has 0 aromatic heterocycles. The molecule has 2 N–H and O–H groups in total. The van der Waals surface area contributed by atoms with Crippen molar-refractivity contribution in [2.75, 3.05) is 18.4 Å². The van der Waals surface area contributed by atoms with Crippen LogP contribution in [0.5, 0.6) is 0 Å². The van der Waals surface area contributed by atoms with Crippen LogP contribution in [0.3, 0.4) is 0 Å². The Morgan fingerprint density at radius 1 is 1.35 bits per heavy atom. The van der Waals surface area contributed by atoms with E-state index in [2.05, 4.69) is 5.32 Å². The summed E-state index contributed by atoms with van der Waals surface area (Å²) >= 11 is 0. The van der Waals surface area contributed by atoms with E-state index in [-0.39, 0.29) is 12.6 Å². The van der Waals surface area contributed by atoms with Crippen molar-refractivity contribution in [1.29, 1.82) is 5.26 Å². The monoisotopic (exact) mass is 273 g/mol. The zero-order chi connectivity index (χ0) is 14.5. The average molecular weight is 273 g/mol. The number of aliphatic carboxylic acids is 1. The van der Waals surface area contributed by atoms with Gasteiger partial charge in [-0.25, -0.2) is 4.79 Å². The molecule has 1 fully saturated rings. The van der Waals surface area contributed by atoms with E-state index in [4.69, 9.17) is 10.4 Å². The molecule has 0 saturated carbocycles. The highest BCUT2D eigenvalue weighted by molar-refractivity contribution is 5.89. The molecule has 0 radical (unpaired) electrons. The summed E-state index contributed by atoms with van der Waals surface area (Å²) in [6.07, 6.45) is 1.30. The first-order chi connectivity index (χ1) is 9.60. The second kappa shape index (κ2) is 6.06. The molecule has 6 nitrogen and oxygen atoms in total. The normalized spacial score (nSPS) is 18.1. The van der Waals surface area contributed by atoms with Gasteiger partial charge in [-0.1, -0.05) is 0 Å². The molecule has 1 aromatic rings. The van der Waals surface area contributed by atoms with Crippen molar-refractivity contribution in [2.24, 2.45) is 5.92 Å². The van der Waals surface area contributed by atoms with Gasteiger partial charge in [-0.2, -0.15) is 5.26 Å². The van der Waals surface area contributed by atoms with Gasteiger partial charge in [-0.05, 0) is 37.1 Å². The standard InChI is InChI=1S/C14H15N3O3/c15-8-10-3-5-12(6-4-10)16-14(20)17-7-1-2-11(9-17)13(18)19/h3-6,11H,1-2,7,9H2,(H,16,20)(H,18,19)/t11-/m1/s1. The highest BCUT2D eigenvalue weighted by Crippen LogP contribution is 2.18. The van der Waals surface area contributed by atoms with E-state index in [1.165, 1.54) is 4.90 Å². The lowest BCUT2D eigenvalue weighted by atomic mass is 9.99. The SMILES string of the molecule is N#Cc1ccc(NC(=O)N2CCC[C@@H](C(=O)O)C2)cc1. The molecule has 0 spiro atoms. The summed E-state index contributed by atoms with van der Waals surface area (Å²) in [4.78, 5) is 24.5. The minimum absolute atomic E-state index is 0.234. The fraction of sp³-hybridized carbons (Fsp3) is 0.357. The molecule has 1 heterocycles. The Kier molecular flexibility index (Phi) is 4.20. The lowest BCUT2D eigenvalue weighted by Gasteiger charge is -2.30. The number of nitriles is 1. The summed E-state index contributed by atoms with van der Waals surface area (Å²) in [5.74, 6) is -1.35. The minimum atomic E-state index is -0.860. The highest BCUT2D eigenvalue weighted by Gasteiger charge is 2.28. The first-order valence-electron chi connectivity index (χ1n) is 6.39. The number of nitrogens with one attached hydrogen (secondary N) is 1. The molecule has 1 aliphatic heterocycles. The fourth-order valence-electron chi connectivity index (χ4n) is 2.19. The van der Waals surface area contributed by atoms with E-state index >= 15 is 0 Å². The number of carbonyl (C=O) groups is 2. The topological polar surface area (TPSA) is 93.4 Å². The molecular weight excluding hydrogens is 258 g/mol. The van der Waals surface area contributed by atoms with Gasteiger partial charge in [0.2, 0.25) is 0 Å². The van der Waals surface area contributed by atoms with Gasteiger partial charge in [0.25, 0.3) is 0 Å². The second-order valence-corrected chi connectivity index (χ2v) is 4.74. The van der Waals surface area contributed by atoms with E-state index in [1.54, 1.807) is 24.3 Å². The first-order valence-corrected chi connectivity index (χ1v) is 6.39. The zero-order valence-corrected chi connectivity index (χ0v) is 10.9. The quantitative estimate of drug-likeness (QED) is 0.860. The Labute approximate surface area is 116 Å². The Balaban J connectivity index is 1.97. The summed E-state index contributed by atoms with van der Waals surface area (Å²) in [6.45, 7) is 0.795. The van der Waals surface area contributed by atoms with E-state index in [9.17, 15) is 9.59 Å². The van der Waals surface area contributed by atoms with Crippen molar-refractivity contribution in [3.8, 4) is 6.07 Å². The van der Waals surface area contributed by atoms with Crippen LogP contribution >= 0.6 is 0 Å². The van der Waals surface area contributed by atoms with Crippen LogP contribution in [0.15, 0.2) is 24.3 Å². The van der Waals surface area contributed by atoms with E-state index in [0.29, 0.717) is 30.6 Å². The Morgan fingerprint density at radius 2 is 2.05 bits per heavy atom. The van der Waals surface area contributed by atoms with E-state index < -0.39 is 11.9 Å². The molecule has 1 atom stereocenters. The molecule has 0 bridgehead atoms. The number of urea groups is 1. The van der Waals surface area contributed by atoms with Crippen molar-refractivity contribution >= 4 is 17.7 Å². The Morgan fingerprint density at radius 3 is 2.65 bits per heavy atom. The van der Waals surface area contributed by atoms with Crippen LogP contribution in [-0.4, -0.2) is 35.1 Å². The molecule has 20 heavy (non-hydrogen) atoms. The van der Waals surface area contributed by atoms with Crippen LogP contribution < -0.4 is 5.32 Å². The maximum atomic E-state index is 12.0. The summed E-state index contributed by atoms with van der Waals surface area (Å²) in [7, 11) is 0. The molecule has 1 aliphatic rings. The van der Waals surface area contributed by atoms with Gasteiger partial charge in [-0.15, -0.1) is 0 Å². The van der Waals surface area contributed by atoms with Crippen LogP contribution in [0.2, 0.25) is 0 Å². The molecule has 0 aliphatic carbocycles. The summed E-state index contributed by atoms with van der Waals surface area (Å²) < 4.78 is 0. The summed E-state index contributed by atoms with van der Waals surface area (Å²) in [6, 6.07) is 8.23. The second-order valence-electron chi connectivity index (χ2n) is 4.74. The number of rotatable bonds is 2. The largest absolute Gasteiger partial charge is 0.481 e. The smallest absolute Gasteiger partial charge is 0.321 e. The molecular formula is C14H15N3O3. The minimum Gasteiger partial charge on any atom is -0.481 e. The number of anilines is 1. The molecule has 1 saturated heterocycles. The molecule has 2 amide bonds. The van der Waals surface area contributed by atoms with Gasteiger partial charge in [0, 0.05) is 18.8 Å². The van der Waals surface area contributed by atoms with Crippen molar-refractivity contribution in [1.82, 2.24) is 4.90 Å². The Hall–Kier alpha value is -2.55. The van der Waals surface area contributed by atoms with Crippen molar-refractivity contribution < 1.29 is 14.7 Å². The maximum absolute atomic E-state index is 12.0. The number of hydrogen-bond acceptors (Lipinski definition) is 3. The Bertz CT molecular complexity index is 548. The third-order valence-corrected chi connectivity index (χ3v) is 3.32. The van der Waals surface area contributed by atoms with Crippen molar-refractivity contribution in [3.05, 3.63) is 29.8 Å². The van der Waals surface area contributed by atoms with Gasteiger partial charge in [0.05, 0.1) is 17.6 Å². The molecule has 2 rings (SSSR count). The van der Waals surface area contributed by atoms with Gasteiger partial charge >= 0.3 is 12.0 Å². The molecule has 0 unspecified atom stereocenters. The number of hydrogen-bond donors (Lipinski definition) is 2. The zero-order valence-electron chi connectivity index (χ0n) is 10.9. The van der Waals surface area contributed by atoms with E-state index in [0.717, 1.165) is 0 Å². The average Bonchev–Trinajstić information content (AvgIpc) is 2.48. The number of likely N-dealkylation sites (tertiary alicyclic amines) is 1. The van der Waals surface area contributed by atoms with Gasteiger partial charge in [0.1, 0.15) is 0 Å². The van der Waals surface area contributed by atoms with Crippen LogP contribution in [0.4, 0.5) is 10.5 Å².